The van der Waals surface area contributed by atoms with Gasteiger partial charge < -0.3 is 14.5 Å². The smallest absolute Gasteiger partial charge is 0.406 e. The highest BCUT2D eigenvalue weighted by molar-refractivity contribution is 5.94. The molecule has 0 saturated carbocycles. The Hall–Kier alpha value is -2.70. The molecule has 0 aliphatic rings. The summed E-state index contributed by atoms with van der Waals surface area (Å²) in [5.74, 6) is -0.453. The number of alkyl halides is 3. The van der Waals surface area contributed by atoms with E-state index in [1.165, 1.54) is 29.2 Å². The van der Waals surface area contributed by atoms with Gasteiger partial charge in [0.25, 0.3) is 5.91 Å². The Kier molecular flexibility index (Phi) is 5.56. The molecular formula is C18H19F3N2O2. The summed E-state index contributed by atoms with van der Waals surface area (Å²) in [4.78, 5) is 15.9. The van der Waals surface area contributed by atoms with Crippen molar-refractivity contribution in [3.63, 3.8) is 0 Å². The summed E-state index contributed by atoms with van der Waals surface area (Å²) in [6, 6.07) is 12.7. The number of benzene rings is 2. The molecule has 0 atom stereocenters. The lowest BCUT2D eigenvalue weighted by atomic mass is 10.1. The lowest BCUT2D eigenvalue weighted by Gasteiger charge is -2.19. The Morgan fingerprint density at radius 2 is 1.52 bits per heavy atom. The molecule has 0 bridgehead atoms. The van der Waals surface area contributed by atoms with Crippen LogP contribution >= 0.6 is 0 Å². The van der Waals surface area contributed by atoms with Gasteiger partial charge in [0.15, 0.2) is 0 Å². The minimum absolute atomic E-state index is 0.166. The molecule has 2 aromatic rings. The second kappa shape index (κ2) is 7.46. The van der Waals surface area contributed by atoms with Crippen molar-refractivity contribution in [2.75, 3.05) is 26.0 Å². The number of hydrogen-bond acceptors (Lipinski definition) is 3. The summed E-state index contributed by atoms with van der Waals surface area (Å²) in [6.07, 6.45) is -4.72. The number of nitrogens with zero attached hydrogens (tertiary/aromatic N) is 2. The zero-order valence-corrected chi connectivity index (χ0v) is 14.2. The van der Waals surface area contributed by atoms with E-state index in [1.54, 1.807) is 19.2 Å². The quantitative estimate of drug-likeness (QED) is 0.818. The molecule has 0 aliphatic carbocycles. The third kappa shape index (κ3) is 5.41. The molecule has 0 spiro atoms. The molecule has 134 valence electrons. The standard InChI is InChI=1S/C18H19F3N2O2/c1-22(2)15-8-6-14(7-9-15)17(24)23(3)12-13-4-10-16(11-5-13)25-18(19,20)21/h4-11H,12H2,1-3H3. The normalized spacial score (nSPS) is 11.1. The zero-order valence-electron chi connectivity index (χ0n) is 14.2. The number of anilines is 1. The average molecular weight is 352 g/mol. The van der Waals surface area contributed by atoms with Crippen molar-refractivity contribution in [1.29, 1.82) is 0 Å². The van der Waals surface area contributed by atoms with Crippen molar-refractivity contribution in [3.05, 3.63) is 59.7 Å². The number of carbonyl (C=O) groups excluding carboxylic acids is 1. The fraction of sp³-hybridized carbons (Fsp3) is 0.278. The summed E-state index contributed by atoms with van der Waals surface area (Å²) < 4.78 is 40.3. The number of carbonyl (C=O) groups is 1. The monoisotopic (exact) mass is 352 g/mol. The van der Waals surface area contributed by atoms with Crippen LogP contribution in [0.25, 0.3) is 0 Å². The van der Waals surface area contributed by atoms with Crippen LogP contribution in [-0.2, 0) is 6.54 Å². The van der Waals surface area contributed by atoms with Crippen LogP contribution in [0, 0.1) is 0 Å². The first-order chi connectivity index (χ1) is 11.7. The summed E-state index contributed by atoms with van der Waals surface area (Å²) in [5.41, 5.74) is 2.24. The molecule has 7 heteroatoms. The molecule has 2 aromatic carbocycles. The second-order valence-corrected chi connectivity index (χ2v) is 5.79. The molecular weight excluding hydrogens is 333 g/mol. The average Bonchev–Trinajstić information content (AvgIpc) is 2.54. The van der Waals surface area contributed by atoms with Crippen molar-refractivity contribution >= 4 is 11.6 Å². The number of rotatable bonds is 5. The third-order valence-corrected chi connectivity index (χ3v) is 3.55. The van der Waals surface area contributed by atoms with Crippen molar-refractivity contribution in [2.24, 2.45) is 0 Å². The van der Waals surface area contributed by atoms with Gasteiger partial charge in [-0.2, -0.15) is 0 Å². The fourth-order valence-electron chi connectivity index (χ4n) is 2.26. The topological polar surface area (TPSA) is 32.8 Å². The highest BCUT2D eigenvalue weighted by Crippen LogP contribution is 2.23. The molecule has 0 heterocycles. The van der Waals surface area contributed by atoms with Crippen molar-refractivity contribution < 1.29 is 22.7 Å². The van der Waals surface area contributed by atoms with Gasteiger partial charge in [-0.15, -0.1) is 13.2 Å². The number of hydrogen-bond donors (Lipinski definition) is 0. The zero-order chi connectivity index (χ0) is 18.6. The van der Waals surface area contributed by atoms with E-state index in [-0.39, 0.29) is 18.2 Å². The van der Waals surface area contributed by atoms with E-state index in [0.29, 0.717) is 11.1 Å². The van der Waals surface area contributed by atoms with Crippen LogP contribution < -0.4 is 9.64 Å². The van der Waals surface area contributed by atoms with Crippen molar-refractivity contribution in [1.82, 2.24) is 4.90 Å². The first kappa shape index (κ1) is 18.6. The maximum Gasteiger partial charge on any atom is 0.573 e. The maximum absolute atomic E-state index is 12.4. The van der Waals surface area contributed by atoms with E-state index in [4.69, 9.17) is 0 Å². The molecule has 0 saturated heterocycles. The van der Waals surface area contributed by atoms with E-state index in [2.05, 4.69) is 4.74 Å². The van der Waals surface area contributed by atoms with Gasteiger partial charge in [-0.05, 0) is 42.0 Å². The SMILES string of the molecule is CN(Cc1ccc(OC(F)(F)F)cc1)C(=O)c1ccc(N(C)C)cc1. The summed E-state index contributed by atoms with van der Waals surface area (Å²) in [7, 11) is 5.46. The van der Waals surface area contributed by atoms with Gasteiger partial charge in [-0.3, -0.25) is 4.79 Å². The molecule has 1 amide bonds. The Bertz CT molecular complexity index is 711. The first-order valence-corrected chi connectivity index (χ1v) is 7.53. The highest BCUT2D eigenvalue weighted by Gasteiger charge is 2.30. The largest absolute Gasteiger partial charge is 0.573 e. The summed E-state index contributed by atoms with van der Waals surface area (Å²) >= 11 is 0. The lowest BCUT2D eigenvalue weighted by molar-refractivity contribution is -0.274. The first-order valence-electron chi connectivity index (χ1n) is 7.53. The molecule has 4 nitrogen and oxygen atoms in total. The minimum atomic E-state index is -4.72. The van der Waals surface area contributed by atoms with Gasteiger partial charge in [0.2, 0.25) is 0 Å². The van der Waals surface area contributed by atoms with Gasteiger partial charge in [-0.25, -0.2) is 0 Å². The van der Waals surface area contributed by atoms with Gasteiger partial charge in [0.1, 0.15) is 5.75 Å². The van der Waals surface area contributed by atoms with Crippen LogP contribution in [0.5, 0.6) is 5.75 Å². The van der Waals surface area contributed by atoms with Crippen molar-refractivity contribution in [2.45, 2.75) is 12.9 Å². The number of amides is 1. The molecule has 0 fully saturated rings. The molecule has 25 heavy (non-hydrogen) atoms. The van der Waals surface area contributed by atoms with E-state index in [0.717, 1.165) is 5.69 Å². The molecule has 0 N–H and O–H groups in total. The van der Waals surface area contributed by atoms with Gasteiger partial charge >= 0.3 is 6.36 Å². The van der Waals surface area contributed by atoms with Crippen LogP contribution in [0.2, 0.25) is 0 Å². The fourth-order valence-corrected chi connectivity index (χ4v) is 2.26. The van der Waals surface area contributed by atoms with E-state index in [9.17, 15) is 18.0 Å². The summed E-state index contributed by atoms with van der Waals surface area (Å²) in [5, 5.41) is 0. The van der Waals surface area contributed by atoms with E-state index >= 15 is 0 Å². The predicted molar refractivity (Wildman–Crippen MR) is 89.7 cm³/mol. The molecule has 0 aliphatic heterocycles. The van der Waals surface area contributed by atoms with E-state index < -0.39 is 6.36 Å². The maximum atomic E-state index is 12.4. The third-order valence-electron chi connectivity index (χ3n) is 3.55. The van der Waals surface area contributed by atoms with Crippen molar-refractivity contribution in [3.8, 4) is 5.75 Å². The van der Waals surface area contributed by atoms with Gasteiger partial charge in [0, 0.05) is 38.9 Å². The Morgan fingerprint density at radius 1 is 0.960 bits per heavy atom. The van der Waals surface area contributed by atoms with Gasteiger partial charge in [-0.1, -0.05) is 12.1 Å². The number of halogens is 3. The Morgan fingerprint density at radius 3 is 2.00 bits per heavy atom. The second-order valence-electron chi connectivity index (χ2n) is 5.79. The van der Waals surface area contributed by atoms with Crippen LogP contribution in [0.1, 0.15) is 15.9 Å². The van der Waals surface area contributed by atoms with Crippen LogP contribution in [0.4, 0.5) is 18.9 Å². The molecule has 0 aromatic heterocycles. The highest BCUT2D eigenvalue weighted by atomic mass is 19.4. The lowest BCUT2D eigenvalue weighted by Crippen LogP contribution is -2.26. The molecule has 2 rings (SSSR count). The minimum Gasteiger partial charge on any atom is -0.406 e. The summed E-state index contributed by atoms with van der Waals surface area (Å²) in [6.45, 7) is 0.278. The van der Waals surface area contributed by atoms with Gasteiger partial charge in [0.05, 0.1) is 0 Å². The predicted octanol–water partition coefficient (Wildman–Crippen LogP) is 3.92. The van der Waals surface area contributed by atoms with Crippen LogP contribution in [0.3, 0.4) is 0 Å². The molecule has 0 unspecified atom stereocenters. The Labute approximate surface area is 144 Å². The van der Waals surface area contributed by atoms with E-state index in [1.807, 2.05) is 31.1 Å². The van der Waals surface area contributed by atoms with Crippen LogP contribution in [-0.4, -0.2) is 38.3 Å². The number of ether oxygens (including phenoxy) is 1. The van der Waals surface area contributed by atoms with Crippen LogP contribution in [0.15, 0.2) is 48.5 Å². The molecule has 0 radical (unpaired) electrons. The Balaban J connectivity index is 2.01.